The van der Waals surface area contributed by atoms with E-state index < -0.39 is 0 Å². The maximum Gasteiger partial charge on any atom is 0.220 e. The van der Waals surface area contributed by atoms with Crippen molar-refractivity contribution in [3.05, 3.63) is 71.5 Å². The van der Waals surface area contributed by atoms with Crippen LogP contribution in [0.25, 0.3) is 0 Å². The number of halogens is 1. The van der Waals surface area contributed by atoms with Crippen LogP contribution < -0.4 is 5.32 Å². The number of Topliss-reactive ketones (excluding diaryl/α,β-unsaturated/α-hetero) is 1. The summed E-state index contributed by atoms with van der Waals surface area (Å²) in [5.74, 6) is -0.687. The van der Waals surface area contributed by atoms with Crippen LogP contribution in [0.4, 0.5) is 4.39 Å². The maximum atomic E-state index is 13.0. The Morgan fingerprint density at radius 1 is 1.00 bits per heavy atom. The first-order valence-electron chi connectivity index (χ1n) is 10.0. The Labute approximate surface area is 170 Å². The van der Waals surface area contributed by atoms with Crippen molar-refractivity contribution in [3.63, 3.8) is 0 Å². The molecule has 5 nitrogen and oxygen atoms in total. The maximum absolute atomic E-state index is 13.0. The van der Waals surface area contributed by atoms with Gasteiger partial charge in [-0.3, -0.25) is 14.5 Å². The first-order chi connectivity index (χ1) is 14.1. The highest BCUT2D eigenvalue weighted by atomic mass is 19.1. The zero-order chi connectivity index (χ0) is 20.5. The Balaban J connectivity index is 1.50. The van der Waals surface area contributed by atoms with E-state index in [0.717, 1.165) is 19.5 Å². The summed E-state index contributed by atoms with van der Waals surface area (Å²) >= 11 is 0. The Hall–Kier alpha value is -2.57. The molecule has 2 aromatic rings. The van der Waals surface area contributed by atoms with Crippen LogP contribution in [0.5, 0.6) is 0 Å². The highest BCUT2D eigenvalue weighted by molar-refractivity contribution is 5.97. The number of hydrogen-bond acceptors (Lipinski definition) is 4. The van der Waals surface area contributed by atoms with Crippen LogP contribution >= 0.6 is 0 Å². The van der Waals surface area contributed by atoms with Crippen LogP contribution in [0, 0.1) is 5.82 Å². The van der Waals surface area contributed by atoms with Crippen LogP contribution in [-0.4, -0.2) is 55.5 Å². The SMILES string of the molecule is O=C(CCC(=O)c1ccc(F)cc1)NCC(Cc1ccccc1)N1CCOCC1. The second-order valence-electron chi connectivity index (χ2n) is 7.23. The van der Waals surface area contributed by atoms with Crippen LogP contribution in [0.2, 0.25) is 0 Å². The molecule has 0 aromatic heterocycles. The van der Waals surface area contributed by atoms with Crippen molar-refractivity contribution in [1.82, 2.24) is 10.2 Å². The number of rotatable bonds is 9. The molecule has 0 aliphatic carbocycles. The van der Waals surface area contributed by atoms with Crippen molar-refractivity contribution in [3.8, 4) is 0 Å². The topological polar surface area (TPSA) is 58.6 Å². The molecule has 0 spiro atoms. The molecule has 1 atom stereocenters. The summed E-state index contributed by atoms with van der Waals surface area (Å²) in [6, 6.07) is 15.8. The van der Waals surface area contributed by atoms with E-state index in [-0.39, 0.29) is 36.4 Å². The minimum absolute atomic E-state index is 0.109. The molecule has 1 fully saturated rings. The van der Waals surface area contributed by atoms with Gasteiger partial charge >= 0.3 is 0 Å². The second kappa shape index (κ2) is 10.8. The Morgan fingerprint density at radius 3 is 2.38 bits per heavy atom. The molecule has 3 rings (SSSR count). The van der Waals surface area contributed by atoms with Crippen molar-refractivity contribution in [2.45, 2.75) is 25.3 Å². The van der Waals surface area contributed by atoms with E-state index in [9.17, 15) is 14.0 Å². The van der Waals surface area contributed by atoms with E-state index in [4.69, 9.17) is 4.74 Å². The lowest BCUT2D eigenvalue weighted by Gasteiger charge is -2.34. The predicted molar refractivity (Wildman–Crippen MR) is 109 cm³/mol. The fourth-order valence-corrected chi connectivity index (χ4v) is 3.49. The molecule has 0 saturated carbocycles. The van der Waals surface area contributed by atoms with Crippen LogP contribution in [-0.2, 0) is 16.0 Å². The van der Waals surface area contributed by atoms with E-state index in [1.807, 2.05) is 18.2 Å². The molecule has 1 amide bonds. The molecule has 154 valence electrons. The first-order valence-corrected chi connectivity index (χ1v) is 10.0. The third-order valence-electron chi connectivity index (χ3n) is 5.16. The van der Waals surface area contributed by atoms with E-state index in [2.05, 4.69) is 22.3 Å². The average molecular weight is 398 g/mol. The van der Waals surface area contributed by atoms with Gasteiger partial charge in [-0.05, 0) is 36.2 Å². The molecule has 1 aliphatic rings. The summed E-state index contributed by atoms with van der Waals surface area (Å²) in [7, 11) is 0. The van der Waals surface area contributed by atoms with Crippen LogP contribution in [0.3, 0.4) is 0 Å². The second-order valence-corrected chi connectivity index (χ2v) is 7.23. The number of hydrogen-bond donors (Lipinski definition) is 1. The van der Waals surface area contributed by atoms with Crippen molar-refractivity contribution in [2.24, 2.45) is 0 Å². The van der Waals surface area contributed by atoms with Crippen molar-refractivity contribution < 1.29 is 18.7 Å². The van der Waals surface area contributed by atoms with Gasteiger partial charge in [-0.15, -0.1) is 0 Å². The van der Waals surface area contributed by atoms with Gasteiger partial charge in [-0.1, -0.05) is 30.3 Å². The first kappa shape index (κ1) is 21.1. The standard InChI is InChI=1S/C23H27FN2O3/c24-20-8-6-19(7-9-20)22(27)10-11-23(28)25-17-21(26-12-14-29-15-13-26)16-18-4-2-1-3-5-18/h1-9,21H,10-17H2,(H,25,28). The highest BCUT2D eigenvalue weighted by Gasteiger charge is 2.22. The number of nitrogens with zero attached hydrogens (tertiary/aromatic N) is 1. The minimum atomic E-state index is -0.383. The lowest BCUT2D eigenvalue weighted by molar-refractivity contribution is -0.121. The molecule has 1 N–H and O–H groups in total. The zero-order valence-corrected chi connectivity index (χ0v) is 16.5. The minimum Gasteiger partial charge on any atom is -0.379 e. The van der Waals surface area contributed by atoms with Gasteiger partial charge in [-0.25, -0.2) is 4.39 Å². The summed E-state index contributed by atoms with van der Waals surface area (Å²) in [5, 5.41) is 2.98. The van der Waals surface area contributed by atoms with Gasteiger partial charge < -0.3 is 10.1 Å². The van der Waals surface area contributed by atoms with Crippen molar-refractivity contribution >= 4 is 11.7 Å². The fourth-order valence-electron chi connectivity index (χ4n) is 3.49. The van der Waals surface area contributed by atoms with Crippen LogP contribution in [0.1, 0.15) is 28.8 Å². The van der Waals surface area contributed by atoms with E-state index in [1.54, 1.807) is 0 Å². The van der Waals surface area contributed by atoms with E-state index in [0.29, 0.717) is 25.3 Å². The molecule has 29 heavy (non-hydrogen) atoms. The summed E-state index contributed by atoms with van der Waals surface area (Å²) in [6.07, 6.45) is 1.07. The van der Waals surface area contributed by atoms with Gasteiger partial charge in [0.15, 0.2) is 5.78 Å². The van der Waals surface area contributed by atoms with Gasteiger partial charge in [-0.2, -0.15) is 0 Å². The molecule has 2 aromatic carbocycles. The van der Waals surface area contributed by atoms with E-state index >= 15 is 0 Å². The smallest absolute Gasteiger partial charge is 0.220 e. The largest absolute Gasteiger partial charge is 0.379 e. The van der Waals surface area contributed by atoms with Gasteiger partial charge in [0.1, 0.15) is 5.82 Å². The van der Waals surface area contributed by atoms with Crippen molar-refractivity contribution in [1.29, 1.82) is 0 Å². The van der Waals surface area contributed by atoms with Gasteiger partial charge in [0.25, 0.3) is 0 Å². The lowest BCUT2D eigenvalue weighted by Crippen LogP contribution is -2.49. The number of benzene rings is 2. The molecule has 1 heterocycles. The molecule has 1 aliphatic heterocycles. The molecule has 1 saturated heterocycles. The Bertz CT molecular complexity index is 790. The Morgan fingerprint density at radius 2 is 1.69 bits per heavy atom. The monoisotopic (exact) mass is 398 g/mol. The molecular formula is C23H27FN2O3. The fraction of sp³-hybridized carbons (Fsp3) is 0.391. The number of carbonyl (C=O) groups excluding carboxylic acids is 2. The quantitative estimate of drug-likeness (QED) is 0.660. The number of ether oxygens (including phenoxy) is 1. The highest BCUT2D eigenvalue weighted by Crippen LogP contribution is 2.12. The molecule has 0 radical (unpaired) electrons. The van der Waals surface area contributed by atoms with Crippen molar-refractivity contribution in [2.75, 3.05) is 32.8 Å². The number of amides is 1. The number of carbonyl (C=O) groups is 2. The normalized spacial score (nSPS) is 15.6. The predicted octanol–water partition coefficient (Wildman–Crippen LogP) is 2.85. The number of nitrogens with one attached hydrogen (secondary N) is 1. The number of morpholine rings is 1. The summed E-state index contributed by atoms with van der Waals surface area (Å²) in [4.78, 5) is 26.8. The number of ketones is 1. The molecular weight excluding hydrogens is 371 g/mol. The third-order valence-corrected chi connectivity index (χ3v) is 5.16. The summed E-state index contributed by atoms with van der Waals surface area (Å²) in [5.41, 5.74) is 1.65. The van der Waals surface area contributed by atoms with Gasteiger partial charge in [0.05, 0.1) is 13.2 Å². The van der Waals surface area contributed by atoms with Gasteiger partial charge in [0.2, 0.25) is 5.91 Å². The van der Waals surface area contributed by atoms with E-state index in [1.165, 1.54) is 29.8 Å². The lowest BCUT2D eigenvalue weighted by atomic mass is 10.0. The summed E-state index contributed by atoms with van der Waals surface area (Å²) in [6.45, 7) is 3.61. The Kier molecular flexibility index (Phi) is 7.90. The van der Waals surface area contributed by atoms with Crippen LogP contribution in [0.15, 0.2) is 54.6 Å². The summed E-state index contributed by atoms with van der Waals surface area (Å²) < 4.78 is 18.4. The van der Waals surface area contributed by atoms with Gasteiger partial charge in [0, 0.05) is 44.1 Å². The average Bonchev–Trinajstić information content (AvgIpc) is 2.76. The molecule has 6 heteroatoms. The molecule has 1 unspecified atom stereocenters. The zero-order valence-electron chi connectivity index (χ0n) is 16.5. The molecule has 0 bridgehead atoms. The third kappa shape index (κ3) is 6.76.